The maximum absolute atomic E-state index is 10.9. The minimum Gasteiger partial charge on any atom is -0.511 e. The van der Waals surface area contributed by atoms with Crippen LogP contribution in [0.15, 0.2) is 71.3 Å². The van der Waals surface area contributed by atoms with Crippen molar-refractivity contribution in [3.8, 4) is 0 Å². The van der Waals surface area contributed by atoms with E-state index in [-0.39, 0.29) is 5.76 Å². The van der Waals surface area contributed by atoms with Gasteiger partial charge in [-0.2, -0.15) is 0 Å². The summed E-state index contributed by atoms with van der Waals surface area (Å²) in [6.07, 6.45) is 11.6. The van der Waals surface area contributed by atoms with Gasteiger partial charge in [-0.3, -0.25) is 0 Å². The molecule has 2 heteroatoms. The third kappa shape index (κ3) is 7.11. The fourth-order valence-corrected chi connectivity index (χ4v) is 3.60. The minimum absolute atomic E-state index is 0.0160. The van der Waals surface area contributed by atoms with E-state index in [1.54, 1.807) is 6.08 Å². The average Bonchev–Trinajstić information content (AvgIpc) is 2.54. The maximum atomic E-state index is 10.9. The van der Waals surface area contributed by atoms with Crippen molar-refractivity contribution in [3.05, 3.63) is 71.3 Å². The predicted molar refractivity (Wildman–Crippen MR) is 113 cm³/mol. The second-order valence-corrected chi connectivity index (χ2v) is 7.58. The van der Waals surface area contributed by atoms with Gasteiger partial charge in [-0.15, -0.1) is 0 Å². The van der Waals surface area contributed by atoms with Crippen LogP contribution in [-0.2, 0) is 0 Å². The predicted octanol–water partition coefficient (Wildman–Crippen LogP) is 7.65. The van der Waals surface area contributed by atoms with Crippen LogP contribution in [0.5, 0.6) is 0 Å². The number of hydrogen-bond donors (Lipinski definition) is 2. The Hall–Kier alpha value is -1.96. The lowest BCUT2D eigenvalue weighted by atomic mass is 9.82. The van der Waals surface area contributed by atoms with E-state index in [4.69, 9.17) is 0 Å². The second-order valence-electron chi connectivity index (χ2n) is 7.58. The molecule has 144 valence electrons. The fraction of sp³-hybridized carbons (Fsp3) is 0.500. The number of aliphatic hydroxyl groups excluding tert-OH is 2. The van der Waals surface area contributed by atoms with Crippen molar-refractivity contribution in [2.45, 2.75) is 72.1 Å². The Labute approximate surface area is 160 Å². The molecule has 1 aliphatic rings. The molecule has 2 nitrogen and oxygen atoms in total. The van der Waals surface area contributed by atoms with Crippen LogP contribution in [-0.4, -0.2) is 10.2 Å². The first-order valence-corrected chi connectivity index (χ1v) is 9.76. The van der Waals surface area contributed by atoms with Gasteiger partial charge in [0, 0.05) is 12.0 Å². The van der Waals surface area contributed by atoms with Gasteiger partial charge in [-0.1, -0.05) is 56.7 Å². The van der Waals surface area contributed by atoms with Crippen molar-refractivity contribution >= 4 is 0 Å². The first-order valence-electron chi connectivity index (χ1n) is 9.76. The molecular weight excluding hydrogens is 320 g/mol. The Morgan fingerprint density at radius 3 is 2.42 bits per heavy atom. The minimum atomic E-state index is 0.0160. The summed E-state index contributed by atoms with van der Waals surface area (Å²) in [6.45, 7) is 17.9. The van der Waals surface area contributed by atoms with Crippen molar-refractivity contribution in [2.24, 2.45) is 5.92 Å². The molecule has 0 aromatic heterocycles. The summed E-state index contributed by atoms with van der Waals surface area (Å²) >= 11 is 0. The molecule has 0 unspecified atom stereocenters. The summed E-state index contributed by atoms with van der Waals surface area (Å²) in [7, 11) is 0. The SMILES string of the molecule is C=C(O)/C=C(CCCCC)\C(C(=C)C)=C(\O)CC1=CCC[C@@H](C(=C)C)C1. The number of rotatable bonds is 10. The molecule has 1 rings (SSSR count). The summed E-state index contributed by atoms with van der Waals surface area (Å²) < 4.78 is 0. The fourth-order valence-electron chi connectivity index (χ4n) is 3.60. The summed E-state index contributed by atoms with van der Waals surface area (Å²) in [4.78, 5) is 0. The molecule has 0 heterocycles. The maximum Gasteiger partial charge on any atom is 0.108 e. The van der Waals surface area contributed by atoms with E-state index in [0.29, 0.717) is 18.1 Å². The number of allylic oxidation sites excluding steroid dienone is 7. The summed E-state index contributed by atoms with van der Waals surface area (Å²) in [6, 6.07) is 0. The molecule has 0 fully saturated rings. The molecule has 1 atom stereocenters. The molecule has 26 heavy (non-hydrogen) atoms. The van der Waals surface area contributed by atoms with Crippen molar-refractivity contribution in [1.29, 1.82) is 0 Å². The number of unbranched alkanes of at least 4 members (excludes halogenated alkanes) is 2. The summed E-state index contributed by atoms with van der Waals surface area (Å²) in [5, 5.41) is 20.6. The van der Waals surface area contributed by atoms with E-state index in [9.17, 15) is 10.2 Å². The molecule has 0 radical (unpaired) electrons. The average molecular weight is 357 g/mol. The van der Waals surface area contributed by atoms with E-state index in [0.717, 1.165) is 61.7 Å². The van der Waals surface area contributed by atoms with Crippen molar-refractivity contribution < 1.29 is 10.2 Å². The Morgan fingerprint density at radius 1 is 1.19 bits per heavy atom. The van der Waals surface area contributed by atoms with Gasteiger partial charge < -0.3 is 10.2 Å². The monoisotopic (exact) mass is 356 g/mol. The molecule has 0 saturated carbocycles. The molecule has 0 spiro atoms. The zero-order chi connectivity index (χ0) is 19.7. The highest BCUT2D eigenvalue weighted by molar-refractivity contribution is 5.48. The Kier molecular flexibility index (Phi) is 9.26. The smallest absolute Gasteiger partial charge is 0.108 e. The normalized spacial score (nSPS) is 18.8. The Bertz CT molecular complexity index is 629. The van der Waals surface area contributed by atoms with Crippen LogP contribution in [0.2, 0.25) is 0 Å². The highest BCUT2D eigenvalue weighted by Gasteiger charge is 2.19. The van der Waals surface area contributed by atoms with Crippen LogP contribution in [0, 0.1) is 5.92 Å². The van der Waals surface area contributed by atoms with Gasteiger partial charge in [0.05, 0.1) is 0 Å². The van der Waals surface area contributed by atoms with Gasteiger partial charge in [-0.25, -0.2) is 0 Å². The highest BCUT2D eigenvalue weighted by Crippen LogP contribution is 2.34. The highest BCUT2D eigenvalue weighted by atomic mass is 16.3. The summed E-state index contributed by atoms with van der Waals surface area (Å²) in [5.74, 6) is 0.866. The van der Waals surface area contributed by atoms with E-state index in [2.05, 4.69) is 39.7 Å². The quantitative estimate of drug-likeness (QED) is 0.183. The zero-order valence-electron chi connectivity index (χ0n) is 16.9. The van der Waals surface area contributed by atoms with Gasteiger partial charge in [0.15, 0.2) is 0 Å². The third-order valence-corrected chi connectivity index (χ3v) is 4.98. The molecule has 0 amide bonds. The van der Waals surface area contributed by atoms with E-state index in [1.807, 2.05) is 6.92 Å². The standard InChI is InChI=1S/C24H36O2/c1-7-8-9-12-22(14-19(6)25)24(18(4)5)23(26)16-20-11-10-13-21(15-20)17(2)3/h11,14,21,25-26H,2,4,6-10,12-13,15-16H2,1,3,5H3/b22-14-,24-23+/t21-/m1/s1. The first-order chi connectivity index (χ1) is 12.3. The second kappa shape index (κ2) is 10.9. The molecule has 2 N–H and O–H groups in total. The van der Waals surface area contributed by atoms with Gasteiger partial charge in [0.1, 0.15) is 11.5 Å². The third-order valence-electron chi connectivity index (χ3n) is 4.98. The molecule has 0 bridgehead atoms. The number of aliphatic hydroxyl groups is 2. The molecule has 0 aromatic rings. The summed E-state index contributed by atoms with van der Waals surface area (Å²) in [5.41, 5.74) is 4.99. The lowest BCUT2D eigenvalue weighted by Crippen LogP contribution is -2.09. The zero-order valence-corrected chi connectivity index (χ0v) is 16.9. The molecule has 0 saturated heterocycles. The van der Waals surface area contributed by atoms with E-state index < -0.39 is 0 Å². The van der Waals surface area contributed by atoms with Crippen molar-refractivity contribution in [3.63, 3.8) is 0 Å². The van der Waals surface area contributed by atoms with Crippen molar-refractivity contribution in [1.82, 2.24) is 0 Å². The molecule has 0 aromatic carbocycles. The molecule has 0 aliphatic heterocycles. The van der Waals surface area contributed by atoms with Crippen LogP contribution in [0.1, 0.15) is 72.1 Å². The van der Waals surface area contributed by atoms with Gasteiger partial charge >= 0.3 is 0 Å². The van der Waals surface area contributed by atoms with Gasteiger partial charge in [0.25, 0.3) is 0 Å². The first kappa shape index (κ1) is 22.1. The van der Waals surface area contributed by atoms with Crippen LogP contribution in [0.25, 0.3) is 0 Å². The van der Waals surface area contributed by atoms with Crippen LogP contribution in [0.3, 0.4) is 0 Å². The Balaban J connectivity index is 3.09. The largest absolute Gasteiger partial charge is 0.511 e. The molecule has 1 aliphatic carbocycles. The van der Waals surface area contributed by atoms with Crippen LogP contribution in [0.4, 0.5) is 0 Å². The lowest BCUT2D eigenvalue weighted by Gasteiger charge is -2.24. The van der Waals surface area contributed by atoms with Crippen LogP contribution < -0.4 is 0 Å². The van der Waals surface area contributed by atoms with Crippen LogP contribution >= 0.6 is 0 Å². The van der Waals surface area contributed by atoms with Gasteiger partial charge in [0.2, 0.25) is 0 Å². The van der Waals surface area contributed by atoms with Crippen molar-refractivity contribution in [2.75, 3.05) is 0 Å². The Morgan fingerprint density at radius 2 is 1.88 bits per heavy atom. The lowest BCUT2D eigenvalue weighted by molar-refractivity contribution is 0.385. The number of hydrogen-bond acceptors (Lipinski definition) is 2. The van der Waals surface area contributed by atoms with Gasteiger partial charge in [-0.05, 0) is 69.1 Å². The molecular formula is C24H36O2. The van der Waals surface area contributed by atoms with E-state index in [1.165, 1.54) is 11.1 Å². The van der Waals surface area contributed by atoms with E-state index >= 15 is 0 Å². The topological polar surface area (TPSA) is 40.5 Å².